The van der Waals surface area contributed by atoms with Crippen molar-refractivity contribution in [1.82, 2.24) is 24.9 Å². The van der Waals surface area contributed by atoms with E-state index in [1.165, 1.54) is 5.69 Å². The lowest BCUT2D eigenvalue weighted by Gasteiger charge is -2.23. The Morgan fingerprint density at radius 1 is 1.39 bits per heavy atom. The van der Waals surface area contributed by atoms with Crippen LogP contribution in [0.3, 0.4) is 0 Å². The molecule has 3 rings (SSSR count). The lowest BCUT2D eigenvalue weighted by molar-refractivity contribution is 0.0927. The molecular formula is C16H23N5O2. The van der Waals surface area contributed by atoms with Crippen LogP contribution in [0, 0.1) is 0 Å². The van der Waals surface area contributed by atoms with Crippen molar-refractivity contribution in [2.45, 2.75) is 45.3 Å². The van der Waals surface area contributed by atoms with E-state index in [0.29, 0.717) is 11.6 Å². The molecule has 0 saturated carbocycles. The van der Waals surface area contributed by atoms with Gasteiger partial charge in [0.25, 0.3) is 5.91 Å². The summed E-state index contributed by atoms with van der Waals surface area (Å²) in [5, 5.41) is 11.6. The third-order valence-electron chi connectivity index (χ3n) is 4.11. The molecule has 23 heavy (non-hydrogen) atoms. The second kappa shape index (κ2) is 6.06. The number of carbonyl (C=O) groups is 1. The number of amides is 1. The minimum absolute atomic E-state index is 0.00331. The summed E-state index contributed by atoms with van der Waals surface area (Å²) >= 11 is 0. The fraction of sp³-hybridized carbons (Fsp3) is 0.562. The van der Waals surface area contributed by atoms with Crippen LogP contribution in [0.2, 0.25) is 0 Å². The molecule has 0 spiro atoms. The Bertz CT molecular complexity index is 716. The molecule has 0 aliphatic heterocycles. The van der Waals surface area contributed by atoms with Crippen molar-refractivity contribution in [1.29, 1.82) is 0 Å². The van der Waals surface area contributed by atoms with Gasteiger partial charge in [-0.1, -0.05) is 0 Å². The molecule has 1 N–H and O–H groups in total. The maximum Gasteiger partial charge on any atom is 0.272 e. The second-order valence-electron chi connectivity index (χ2n) is 6.25. The number of aromatic nitrogens is 4. The molecule has 1 atom stereocenters. The highest BCUT2D eigenvalue weighted by atomic mass is 16.5. The first kappa shape index (κ1) is 15.6. The van der Waals surface area contributed by atoms with Crippen LogP contribution in [0.1, 0.15) is 54.5 Å². The van der Waals surface area contributed by atoms with E-state index in [4.69, 9.17) is 4.74 Å². The number of ether oxygens (including phenoxy) is 1. The second-order valence-corrected chi connectivity index (χ2v) is 6.25. The van der Waals surface area contributed by atoms with Crippen molar-refractivity contribution >= 4 is 5.91 Å². The summed E-state index contributed by atoms with van der Waals surface area (Å²) in [5.74, 6) is 0.414. The molecule has 7 nitrogen and oxygen atoms in total. The maximum atomic E-state index is 12.5. The van der Waals surface area contributed by atoms with E-state index in [1.54, 1.807) is 17.8 Å². The fourth-order valence-electron chi connectivity index (χ4n) is 3.00. The van der Waals surface area contributed by atoms with E-state index in [1.807, 2.05) is 31.8 Å². The van der Waals surface area contributed by atoms with Crippen molar-refractivity contribution in [3.8, 4) is 5.88 Å². The molecule has 2 heterocycles. The SMILES string of the molecule is CC(C)Oc1cc(C(=O)N[C@H]2CCCc3c2cnn3C)nn1C. The predicted octanol–water partition coefficient (Wildman–Crippen LogP) is 1.75. The standard InChI is InChI=1S/C16H23N5O2/c1-10(2)23-15-8-13(19-21(15)4)16(22)18-12-6-5-7-14-11(12)9-17-20(14)3/h8-10,12H,5-7H2,1-4H3,(H,18,22)/t12-/m0/s1. The number of nitrogens with zero attached hydrogens (tertiary/aromatic N) is 4. The highest BCUT2D eigenvalue weighted by molar-refractivity contribution is 5.92. The highest BCUT2D eigenvalue weighted by Crippen LogP contribution is 2.29. The largest absolute Gasteiger partial charge is 0.475 e. The Kier molecular flexibility index (Phi) is 4.11. The van der Waals surface area contributed by atoms with Crippen molar-refractivity contribution in [2.24, 2.45) is 14.1 Å². The lowest BCUT2D eigenvalue weighted by atomic mass is 9.93. The summed E-state index contributed by atoms with van der Waals surface area (Å²) in [7, 11) is 3.71. The van der Waals surface area contributed by atoms with E-state index < -0.39 is 0 Å². The smallest absolute Gasteiger partial charge is 0.272 e. The molecule has 124 valence electrons. The van der Waals surface area contributed by atoms with Crippen LogP contribution in [-0.4, -0.2) is 31.6 Å². The maximum absolute atomic E-state index is 12.5. The quantitative estimate of drug-likeness (QED) is 0.932. The zero-order valence-electron chi connectivity index (χ0n) is 14.0. The first-order chi connectivity index (χ1) is 11.0. The summed E-state index contributed by atoms with van der Waals surface area (Å²) < 4.78 is 9.11. The average Bonchev–Trinajstić information content (AvgIpc) is 3.04. The van der Waals surface area contributed by atoms with Gasteiger partial charge in [0, 0.05) is 31.4 Å². The van der Waals surface area contributed by atoms with Crippen molar-refractivity contribution in [3.05, 3.63) is 29.2 Å². The number of nitrogens with one attached hydrogen (secondary N) is 1. The summed E-state index contributed by atoms with van der Waals surface area (Å²) in [6.45, 7) is 3.89. The molecule has 0 saturated heterocycles. The lowest BCUT2D eigenvalue weighted by Crippen LogP contribution is -2.31. The van der Waals surface area contributed by atoms with Crippen LogP contribution in [0.15, 0.2) is 12.3 Å². The van der Waals surface area contributed by atoms with Gasteiger partial charge in [-0.15, -0.1) is 0 Å². The van der Waals surface area contributed by atoms with E-state index in [9.17, 15) is 4.79 Å². The number of fused-ring (bicyclic) bond motifs is 1. The summed E-state index contributed by atoms with van der Waals surface area (Å²) in [6, 6.07) is 1.68. The van der Waals surface area contributed by atoms with E-state index in [-0.39, 0.29) is 18.1 Å². The molecule has 0 fully saturated rings. The van der Waals surface area contributed by atoms with Crippen LogP contribution in [0.4, 0.5) is 0 Å². The van der Waals surface area contributed by atoms with Crippen molar-refractivity contribution in [2.75, 3.05) is 0 Å². The zero-order chi connectivity index (χ0) is 16.6. The first-order valence-electron chi connectivity index (χ1n) is 7.98. The topological polar surface area (TPSA) is 74.0 Å². The zero-order valence-corrected chi connectivity index (χ0v) is 14.0. The molecule has 0 bridgehead atoms. The minimum atomic E-state index is -0.180. The highest BCUT2D eigenvalue weighted by Gasteiger charge is 2.26. The van der Waals surface area contributed by atoms with Gasteiger partial charge in [-0.05, 0) is 33.1 Å². The predicted molar refractivity (Wildman–Crippen MR) is 85.3 cm³/mol. The van der Waals surface area contributed by atoms with Gasteiger partial charge in [0.1, 0.15) is 0 Å². The molecule has 1 aliphatic carbocycles. The Labute approximate surface area is 135 Å². The fourth-order valence-corrected chi connectivity index (χ4v) is 3.00. The van der Waals surface area contributed by atoms with Crippen molar-refractivity contribution < 1.29 is 9.53 Å². The van der Waals surface area contributed by atoms with Gasteiger partial charge in [0.15, 0.2) is 5.69 Å². The van der Waals surface area contributed by atoms with Crippen LogP contribution in [0.5, 0.6) is 5.88 Å². The molecule has 1 amide bonds. The van der Waals surface area contributed by atoms with Gasteiger partial charge < -0.3 is 10.1 Å². The monoisotopic (exact) mass is 317 g/mol. The number of carbonyl (C=O) groups excluding carboxylic acids is 1. The Balaban J connectivity index is 1.75. The first-order valence-corrected chi connectivity index (χ1v) is 7.98. The van der Waals surface area contributed by atoms with Crippen LogP contribution < -0.4 is 10.1 Å². The van der Waals surface area contributed by atoms with E-state index in [0.717, 1.165) is 24.8 Å². The van der Waals surface area contributed by atoms with E-state index >= 15 is 0 Å². The number of rotatable bonds is 4. The molecule has 7 heteroatoms. The van der Waals surface area contributed by atoms with Crippen LogP contribution >= 0.6 is 0 Å². The molecule has 0 radical (unpaired) electrons. The average molecular weight is 317 g/mol. The Morgan fingerprint density at radius 2 is 2.17 bits per heavy atom. The normalized spacial score (nSPS) is 17.2. The third-order valence-corrected chi connectivity index (χ3v) is 4.11. The van der Waals surface area contributed by atoms with Crippen LogP contribution in [-0.2, 0) is 20.5 Å². The molecule has 2 aromatic rings. The number of hydrogen-bond acceptors (Lipinski definition) is 4. The third kappa shape index (κ3) is 3.09. The van der Waals surface area contributed by atoms with Crippen LogP contribution in [0.25, 0.3) is 0 Å². The Morgan fingerprint density at radius 3 is 2.91 bits per heavy atom. The van der Waals surface area contributed by atoms with Gasteiger partial charge in [-0.3, -0.25) is 9.48 Å². The van der Waals surface area contributed by atoms with Gasteiger partial charge in [0.05, 0.1) is 18.3 Å². The minimum Gasteiger partial charge on any atom is -0.475 e. The van der Waals surface area contributed by atoms with Gasteiger partial charge in [-0.2, -0.15) is 10.2 Å². The summed E-state index contributed by atoms with van der Waals surface area (Å²) in [4.78, 5) is 12.5. The Hall–Kier alpha value is -2.31. The molecule has 1 aliphatic rings. The number of hydrogen-bond donors (Lipinski definition) is 1. The van der Waals surface area contributed by atoms with E-state index in [2.05, 4.69) is 15.5 Å². The van der Waals surface area contributed by atoms with Gasteiger partial charge >= 0.3 is 0 Å². The molecule has 0 unspecified atom stereocenters. The molecule has 2 aromatic heterocycles. The van der Waals surface area contributed by atoms with Gasteiger partial charge in [0.2, 0.25) is 5.88 Å². The molecular weight excluding hydrogens is 294 g/mol. The van der Waals surface area contributed by atoms with Crippen molar-refractivity contribution in [3.63, 3.8) is 0 Å². The molecule has 0 aromatic carbocycles. The van der Waals surface area contributed by atoms with Gasteiger partial charge in [-0.25, -0.2) is 4.68 Å². The summed E-state index contributed by atoms with van der Waals surface area (Å²) in [5.41, 5.74) is 2.69. The number of aryl methyl sites for hydroxylation is 2. The summed E-state index contributed by atoms with van der Waals surface area (Å²) in [6.07, 6.45) is 4.87.